The molecule has 2 amide bonds. The summed E-state index contributed by atoms with van der Waals surface area (Å²) in [4.78, 5) is 38.6. The van der Waals surface area contributed by atoms with E-state index in [0.29, 0.717) is 32.0 Å². The van der Waals surface area contributed by atoms with E-state index in [9.17, 15) is 9.59 Å². The van der Waals surface area contributed by atoms with Gasteiger partial charge in [-0.3, -0.25) is 4.79 Å². The number of pyridine rings is 1. The Bertz CT molecular complexity index is 1450. The number of amides is 2. The highest BCUT2D eigenvalue weighted by Crippen LogP contribution is 2.40. The normalized spacial score (nSPS) is 20.0. The first kappa shape index (κ1) is 27.8. The molecule has 1 N–H and O–H groups in total. The number of nitrogens with one attached hydrogen (secondary N) is 1. The van der Waals surface area contributed by atoms with E-state index in [0.717, 1.165) is 73.0 Å². The molecule has 1 atom stereocenters. The molecule has 0 bridgehead atoms. The van der Waals surface area contributed by atoms with Crippen molar-refractivity contribution in [1.82, 2.24) is 19.8 Å². The van der Waals surface area contributed by atoms with Crippen LogP contribution < -0.4 is 0 Å². The van der Waals surface area contributed by atoms with Crippen LogP contribution in [-0.4, -0.2) is 63.7 Å². The number of carbonyl (C=O) groups excluding carboxylic acids is 2. The zero-order valence-electron chi connectivity index (χ0n) is 24.8. The number of ether oxygens (including phenoxy) is 2. The van der Waals surface area contributed by atoms with E-state index in [1.54, 1.807) is 0 Å². The van der Waals surface area contributed by atoms with Crippen LogP contribution in [0, 0.1) is 12.8 Å². The first-order chi connectivity index (χ1) is 19.7. The number of nitrogens with zero attached hydrogens (tertiary/aromatic N) is 3. The van der Waals surface area contributed by atoms with Gasteiger partial charge in [-0.2, -0.15) is 0 Å². The molecular weight excluding hydrogens is 516 g/mol. The zero-order valence-corrected chi connectivity index (χ0v) is 24.8. The number of aryl methyl sites for hydroxylation is 1. The quantitative estimate of drug-likeness (QED) is 0.405. The lowest BCUT2D eigenvalue weighted by Crippen LogP contribution is -2.39. The van der Waals surface area contributed by atoms with Gasteiger partial charge in [-0.25, -0.2) is 9.78 Å². The van der Waals surface area contributed by atoms with Crippen molar-refractivity contribution < 1.29 is 19.1 Å². The minimum absolute atomic E-state index is 0.0475. The summed E-state index contributed by atoms with van der Waals surface area (Å²) in [6, 6.07) is 6.64. The van der Waals surface area contributed by atoms with Crippen molar-refractivity contribution in [1.29, 1.82) is 0 Å². The Labute approximate surface area is 242 Å². The molecule has 3 aliphatic rings. The van der Waals surface area contributed by atoms with E-state index < -0.39 is 5.60 Å². The maximum atomic E-state index is 13.4. The number of aromatic amines is 1. The van der Waals surface area contributed by atoms with Gasteiger partial charge in [0, 0.05) is 62.6 Å². The molecule has 1 aromatic carbocycles. The van der Waals surface area contributed by atoms with Crippen LogP contribution in [0.25, 0.3) is 22.2 Å². The summed E-state index contributed by atoms with van der Waals surface area (Å²) in [5.41, 5.74) is 7.22. The van der Waals surface area contributed by atoms with E-state index in [1.807, 2.05) is 43.0 Å². The van der Waals surface area contributed by atoms with Gasteiger partial charge in [0.05, 0.1) is 6.04 Å². The second-order valence-electron chi connectivity index (χ2n) is 13.0. The molecule has 0 radical (unpaired) electrons. The smallest absolute Gasteiger partial charge is 0.410 e. The molecule has 2 aromatic heterocycles. The third kappa shape index (κ3) is 5.85. The minimum atomic E-state index is -0.549. The molecule has 2 saturated heterocycles. The van der Waals surface area contributed by atoms with Gasteiger partial charge >= 0.3 is 6.09 Å². The van der Waals surface area contributed by atoms with Gasteiger partial charge in [-0.1, -0.05) is 0 Å². The third-order valence-corrected chi connectivity index (χ3v) is 8.84. The number of aromatic nitrogens is 2. The summed E-state index contributed by atoms with van der Waals surface area (Å²) in [6.45, 7) is 11.3. The number of carbonyl (C=O) groups is 2. The van der Waals surface area contributed by atoms with Crippen molar-refractivity contribution in [3.63, 3.8) is 0 Å². The Kier molecular flexibility index (Phi) is 7.53. The Morgan fingerprint density at radius 3 is 2.68 bits per heavy atom. The molecule has 41 heavy (non-hydrogen) atoms. The molecule has 6 rings (SSSR count). The van der Waals surface area contributed by atoms with E-state index in [2.05, 4.69) is 30.1 Å². The maximum absolute atomic E-state index is 13.4. The average Bonchev–Trinajstić information content (AvgIpc) is 3.59. The predicted octanol–water partition coefficient (Wildman–Crippen LogP) is 6.31. The Balaban J connectivity index is 1.36. The molecular formula is C33H42N4O4. The van der Waals surface area contributed by atoms with Gasteiger partial charge in [0.2, 0.25) is 5.91 Å². The standard InChI is InChI=1S/C33H42N4O4/c1-21-18-34-31-27(21)17-24(19-35-31)23-15-25-20-36(30(38)14-22-8-12-40-13-9-22)11-7-26(25)28(16-23)29-6-5-10-37(29)32(39)41-33(2,3)4/h15-19,22,29H,5-14,20H2,1-4H3,(H,34,35). The SMILES string of the molecule is Cc1c[nH]c2ncc(-c3cc4c(c(C5CCCN5C(=O)OC(C)(C)C)c3)CCN(C(=O)CC3CCOCC3)C4)cc12. The van der Waals surface area contributed by atoms with Crippen molar-refractivity contribution in [2.45, 2.75) is 84.4 Å². The highest BCUT2D eigenvalue weighted by Gasteiger charge is 2.36. The van der Waals surface area contributed by atoms with Gasteiger partial charge in [-0.05, 0) is 112 Å². The van der Waals surface area contributed by atoms with Gasteiger partial charge < -0.3 is 24.3 Å². The molecule has 5 heterocycles. The fourth-order valence-electron chi connectivity index (χ4n) is 6.66. The number of rotatable bonds is 4. The molecule has 2 fully saturated rings. The Hall–Kier alpha value is -3.39. The fraction of sp³-hybridized carbons (Fsp3) is 0.545. The third-order valence-electron chi connectivity index (χ3n) is 8.84. The lowest BCUT2D eigenvalue weighted by Gasteiger charge is -2.35. The van der Waals surface area contributed by atoms with Crippen molar-refractivity contribution >= 4 is 23.0 Å². The Morgan fingerprint density at radius 2 is 1.90 bits per heavy atom. The summed E-state index contributed by atoms with van der Waals surface area (Å²) in [6.07, 6.45) is 8.78. The van der Waals surface area contributed by atoms with Gasteiger partial charge in [0.1, 0.15) is 11.2 Å². The zero-order chi connectivity index (χ0) is 28.7. The van der Waals surface area contributed by atoms with Gasteiger partial charge in [-0.15, -0.1) is 0 Å². The van der Waals surface area contributed by atoms with Crippen LogP contribution in [-0.2, 0) is 27.2 Å². The monoisotopic (exact) mass is 558 g/mol. The van der Waals surface area contributed by atoms with Crippen LogP contribution in [0.4, 0.5) is 4.79 Å². The molecule has 8 heteroatoms. The molecule has 0 aliphatic carbocycles. The summed E-state index contributed by atoms with van der Waals surface area (Å²) in [5.74, 6) is 0.639. The van der Waals surface area contributed by atoms with E-state index in [1.165, 1.54) is 16.7 Å². The molecule has 3 aromatic rings. The van der Waals surface area contributed by atoms with Crippen molar-refractivity contribution in [3.05, 3.63) is 52.8 Å². The number of benzene rings is 1. The van der Waals surface area contributed by atoms with E-state index >= 15 is 0 Å². The Morgan fingerprint density at radius 1 is 1.10 bits per heavy atom. The van der Waals surface area contributed by atoms with Crippen molar-refractivity contribution in [2.75, 3.05) is 26.3 Å². The number of H-pyrrole nitrogens is 1. The number of hydrogen-bond acceptors (Lipinski definition) is 5. The number of fused-ring (bicyclic) bond motifs is 2. The minimum Gasteiger partial charge on any atom is -0.444 e. The van der Waals surface area contributed by atoms with Crippen LogP contribution in [0.2, 0.25) is 0 Å². The predicted molar refractivity (Wildman–Crippen MR) is 158 cm³/mol. The van der Waals surface area contributed by atoms with Crippen LogP contribution in [0.15, 0.2) is 30.6 Å². The summed E-state index contributed by atoms with van der Waals surface area (Å²) >= 11 is 0. The molecule has 1 unspecified atom stereocenters. The average molecular weight is 559 g/mol. The first-order valence-corrected chi connectivity index (χ1v) is 15.1. The van der Waals surface area contributed by atoms with Crippen molar-refractivity contribution in [2.24, 2.45) is 5.92 Å². The molecule has 0 saturated carbocycles. The van der Waals surface area contributed by atoms with Crippen LogP contribution >= 0.6 is 0 Å². The van der Waals surface area contributed by atoms with Crippen LogP contribution in [0.3, 0.4) is 0 Å². The van der Waals surface area contributed by atoms with Gasteiger partial charge in [0.15, 0.2) is 0 Å². The molecule has 0 spiro atoms. The number of hydrogen-bond donors (Lipinski definition) is 1. The maximum Gasteiger partial charge on any atom is 0.410 e. The van der Waals surface area contributed by atoms with E-state index in [4.69, 9.17) is 14.5 Å². The second-order valence-corrected chi connectivity index (χ2v) is 13.0. The van der Waals surface area contributed by atoms with Crippen molar-refractivity contribution in [3.8, 4) is 11.1 Å². The molecule has 3 aliphatic heterocycles. The second kappa shape index (κ2) is 11.1. The summed E-state index contributed by atoms with van der Waals surface area (Å²) in [7, 11) is 0. The first-order valence-electron chi connectivity index (χ1n) is 15.1. The van der Waals surface area contributed by atoms with E-state index in [-0.39, 0.29) is 18.0 Å². The van der Waals surface area contributed by atoms with Crippen LogP contribution in [0.1, 0.15) is 81.2 Å². The molecule has 218 valence electrons. The summed E-state index contributed by atoms with van der Waals surface area (Å²) in [5, 5.41) is 1.10. The highest BCUT2D eigenvalue weighted by atomic mass is 16.6. The lowest BCUT2D eigenvalue weighted by molar-refractivity contribution is -0.133. The number of likely N-dealkylation sites (tertiary alicyclic amines) is 1. The van der Waals surface area contributed by atoms with Crippen LogP contribution in [0.5, 0.6) is 0 Å². The molecule has 8 nitrogen and oxygen atoms in total. The highest BCUT2D eigenvalue weighted by molar-refractivity contribution is 5.85. The fourth-order valence-corrected chi connectivity index (χ4v) is 6.66. The lowest BCUT2D eigenvalue weighted by atomic mass is 9.86. The summed E-state index contributed by atoms with van der Waals surface area (Å²) < 4.78 is 11.3. The largest absolute Gasteiger partial charge is 0.444 e. The topological polar surface area (TPSA) is 87.8 Å². The van der Waals surface area contributed by atoms with Gasteiger partial charge in [0.25, 0.3) is 0 Å².